The summed E-state index contributed by atoms with van der Waals surface area (Å²) in [5.74, 6) is 0.448. The second-order valence-corrected chi connectivity index (χ2v) is 7.50. The Bertz CT molecular complexity index is 782. The van der Waals surface area contributed by atoms with Gasteiger partial charge in [-0.15, -0.1) is 0 Å². The number of aryl methyl sites for hydroxylation is 1. The Morgan fingerprint density at radius 2 is 2.29 bits per heavy atom. The molecule has 2 aliphatic rings. The zero-order valence-corrected chi connectivity index (χ0v) is 14.4. The van der Waals surface area contributed by atoms with Crippen LogP contribution in [0.3, 0.4) is 0 Å². The van der Waals surface area contributed by atoms with Crippen molar-refractivity contribution in [2.45, 2.75) is 45.9 Å². The van der Waals surface area contributed by atoms with Crippen LogP contribution in [0.2, 0.25) is 0 Å². The summed E-state index contributed by atoms with van der Waals surface area (Å²) in [6.07, 6.45) is 3.29. The second-order valence-electron chi connectivity index (χ2n) is 7.50. The van der Waals surface area contributed by atoms with Gasteiger partial charge in [0.15, 0.2) is 0 Å². The van der Waals surface area contributed by atoms with E-state index in [0.29, 0.717) is 12.5 Å². The van der Waals surface area contributed by atoms with Crippen LogP contribution in [0, 0.1) is 18.3 Å². The van der Waals surface area contributed by atoms with Crippen molar-refractivity contribution in [3.8, 4) is 0 Å². The predicted octanol–water partition coefficient (Wildman–Crippen LogP) is 2.26. The number of rotatable bonds is 3. The van der Waals surface area contributed by atoms with Gasteiger partial charge in [0.25, 0.3) is 0 Å². The Hall–Kier alpha value is -2.08. The Labute approximate surface area is 141 Å². The number of imidazole rings is 1. The van der Waals surface area contributed by atoms with Gasteiger partial charge in [0.05, 0.1) is 18.3 Å². The first kappa shape index (κ1) is 15.4. The average Bonchev–Trinajstić information content (AvgIpc) is 3.16. The number of hydrogen-bond donors (Lipinski definition) is 2. The summed E-state index contributed by atoms with van der Waals surface area (Å²) < 4.78 is 7.80. The summed E-state index contributed by atoms with van der Waals surface area (Å²) >= 11 is 0. The van der Waals surface area contributed by atoms with Gasteiger partial charge >= 0.3 is 6.03 Å². The number of hydrogen-bond acceptors (Lipinski definition) is 3. The average molecular weight is 328 g/mol. The second kappa shape index (κ2) is 5.48. The van der Waals surface area contributed by atoms with Crippen molar-refractivity contribution in [1.82, 2.24) is 20.0 Å². The van der Waals surface area contributed by atoms with Crippen molar-refractivity contribution < 1.29 is 9.53 Å². The summed E-state index contributed by atoms with van der Waals surface area (Å²) in [4.78, 5) is 16.8. The third-order valence-corrected chi connectivity index (χ3v) is 5.56. The van der Waals surface area contributed by atoms with Crippen molar-refractivity contribution >= 4 is 11.7 Å². The summed E-state index contributed by atoms with van der Waals surface area (Å²) in [5, 5.41) is 6.06. The van der Waals surface area contributed by atoms with E-state index >= 15 is 0 Å². The number of carbonyl (C=O) groups is 1. The number of amides is 2. The maximum atomic E-state index is 12.3. The van der Waals surface area contributed by atoms with E-state index in [9.17, 15) is 4.79 Å². The molecule has 0 unspecified atom stereocenters. The van der Waals surface area contributed by atoms with Gasteiger partial charge in [-0.25, -0.2) is 9.78 Å². The van der Waals surface area contributed by atoms with Crippen molar-refractivity contribution in [1.29, 1.82) is 0 Å². The van der Waals surface area contributed by atoms with E-state index in [1.165, 1.54) is 0 Å². The maximum absolute atomic E-state index is 12.3. The first-order valence-electron chi connectivity index (χ1n) is 8.56. The molecule has 1 aliphatic heterocycles. The Balaban J connectivity index is 1.37. The zero-order chi connectivity index (χ0) is 16.9. The van der Waals surface area contributed by atoms with Crippen molar-refractivity contribution in [3.63, 3.8) is 0 Å². The summed E-state index contributed by atoms with van der Waals surface area (Å²) in [5.41, 5.74) is 2.88. The Morgan fingerprint density at radius 3 is 3.08 bits per heavy atom. The molecule has 3 heterocycles. The van der Waals surface area contributed by atoms with E-state index in [4.69, 9.17) is 4.74 Å². The van der Waals surface area contributed by atoms with Crippen LogP contribution in [-0.2, 0) is 11.3 Å². The molecule has 6 nitrogen and oxygen atoms in total. The van der Waals surface area contributed by atoms with Gasteiger partial charge in [-0.1, -0.05) is 19.9 Å². The van der Waals surface area contributed by atoms with Crippen LogP contribution in [0.4, 0.5) is 4.79 Å². The summed E-state index contributed by atoms with van der Waals surface area (Å²) in [7, 11) is 0. The number of pyridine rings is 1. The van der Waals surface area contributed by atoms with E-state index in [0.717, 1.165) is 30.1 Å². The fraction of sp³-hybridized carbons (Fsp3) is 0.556. The lowest BCUT2D eigenvalue weighted by atomic mass is 9.57. The van der Waals surface area contributed by atoms with Gasteiger partial charge in [-0.3, -0.25) is 0 Å². The molecule has 4 rings (SSSR count). The molecule has 1 saturated heterocycles. The van der Waals surface area contributed by atoms with E-state index < -0.39 is 0 Å². The lowest BCUT2D eigenvalue weighted by Gasteiger charge is -2.54. The lowest BCUT2D eigenvalue weighted by Crippen LogP contribution is -2.67. The van der Waals surface area contributed by atoms with Gasteiger partial charge in [0.2, 0.25) is 0 Å². The number of nitrogens with one attached hydrogen (secondary N) is 2. The smallest absolute Gasteiger partial charge is 0.315 e. The van der Waals surface area contributed by atoms with Gasteiger partial charge < -0.3 is 19.8 Å². The first-order valence-corrected chi connectivity index (χ1v) is 8.56. The molecule has 2 N–H and O–H groups in total. The topological polar surface area (TPSA) is 67.7 Å². The van der Waals surface area contributed by atoms with Crippen LogP contribution in [0.15, 0.2) is 24.4 Å². The fourth-order valence-corrected chi connectivity index (χ4v) is 4.26. The highest BCUT2D eigenvalue weighted by molar-refractivity contribution is 5.74. The molecule has 3 atom stereocenters. The van der Waals surface area contributed by atoms with Crippen molar-refractivity contribution in [2.75, 3.05) is 6.61 Å². The normalized spacial score (nSPS) is 27.5. The molecule has 24 heavy (non-hydrogen) atoms. The lowest BCUT2D eigenvalue weighted by molar-refractivity contribution is -0.108. The van der Waals surface area contributed by atoms with Crippen molar-refractivity contribution in [2.24, 2.45) is 11.3 Å². The number of carbonyl (C=O) groups excluding carboxylic acids is 1. The van der Waals surface area contributed by atoms with Gasteiger partial charge in [0, 0.05) is 35.9 Å². The molecular formula is C18H24N4O2. The minimum Gasteiger partial charge on any atom is -0.377 e. The van der Waals surface area contributed by atoms with Crippen LogP contribution in [0.1, 0.15) is 31.7 Å². The molecule has 1 aliphatic carbocycles. The molecule has 2 aromatic rings. The Kier molecular flexibility index (Phi) is 3.53. The van der Waals surface area contributed by atoms with E-state index in [-0.39, 0.29) is 23.6 Å². The molecule has 1 saturated carbocycles. The molecule has 0 spiro atoms. The standard InChI is InChI=1S/C18H24N4O2/c1-11-5-4-6-14-20-12(10-22(11)14)9-19-17(23)21-15-13-7-8-24-16(13)18(15,2)3/h4-6,10,13,15-16H,7-9H2,1-3H3,(H2,19,21,23)/t13-,15-,16-/m1/s1. The quantitative estimate of drug-likeness (QED) is 0.908. The maximum Gasteiger partial charge on any atom is 0.315 e. The number of fused-ring (bicyclic) bond motifs is 2. The zero-order valence-electron chi connectivity index (χ0n) is 14.4. The van der Waals surface area contributed by atoms with Gasteiger partial charge in [-0.05, 0) is 25.5 Å². The van der Waals surface area contributed by atoms with Crippen LogP contribution in [0.25, 0.3) is 5.65 Å². The largest absolute Gasteiger partial charge is 0.377 e. The summed E-state index contributed by atoms with van der Waals surface area (Å²) in [6, 6.07) is 6.03. The van der Waals surface area contributed by atoms with Crippen LogP contribution in [0.5, 0.6) is 0 Å². The predicted molar refractivity (Wildman–Crippen MR) is 90.7 cm³/mol. The molecule has 128 valence electrons. The number of nitrogens with zero attached hydrogens (tertiary/aromatic N) is 2. The number of urea groups is 1. The van der Waals surface area contributed by atoms with E-state index in [1.807, 2.05) is 35.7 Å². The summed E-state index contributed by atoms with van der Waals surface area (Å²) in [6.45, 7) is 7.59. The first-order chi connectivity index (χ1) is 11.5. The van der Waals surface area contributed by atoms with Crippen molar-refractivity contribution in [3.05, 3.63) is 35.8 Å². The minimum atomic E-state index is -0.132. The highest BCUT2D eigenvalue weighted by Crippen LogP contribution is 2.52. The van der Waals surface area contributed by atoms with Crippen LogP contribution in [-0.4, -0.2) is 34.2 Å². The monoisotopic (exact) mass is 328 g/mol. The highest BCUT2D eigenvalue weighted by atomic mass is 16.5. The molecule has 0 bridgehead atoms. The van der Waals surface area contributed by atoms with Gasteiger partial charge in [-0.2, -0.15) is 0 Å². The SMILES string of the molecule is Cc1cccc2nc(CNC(=O)N[C@@H]3[C@H]4CCO[C@H]4C3(C)C)cn12. The fourth-order valence-electron chi connectivity index (χ4n) is 4.26. The highest BCUT2D eigenvalue weighted by Gasteiger charge is 2.59. The van der Waals surface area contributed by atoms with E-state index in [2.05, 4.69) is 29.5 Å². The Morgan fingerprint density at radius 1 is 1.46 bits per heavy atom. The molecule has 2 amide bonds. The number of aromatic nitrogens is 2. The molecular weight excluding hydrogens is 304 g/mol. The number of ether oxygens (including phenoxy) is 1. The minimum absolute atomic E-state index is 0.00128. The van der Waals surface area contributed by atoms with Crippen LogP contribution < -0.4 is 10.6 Å². The van der Waals surface area contributed by atoms with E-state index in [1.54, 1.807) is 0 Å². The molecule has 2 fully saturated rings. The molecule has 6 heteroatoms. The van der Waals surface area contributed by atoms with Crippen LogP contribution >= 0.6 is 0 Å². The molecule has 0 radical (unpaired) electrons. The third kappa shape index (κ3) is 2.36. The molecule has 2 aromatic heterocycles. The third-order valence-electron chi connectivity index (χ3n) is 5.56. The molecule has 0 aromatic carbocycles. The van der Waals surface area contributed by atoms with Gasteiger partial charge in [0.1, 0.15) is 5.65 Å².